The van der Waals surface area contributed by atoms with Gasteiger partial charge in [-0.25, -0.2) is 8.78 Å². The zero-order valence-electron chi connectivity index (χ0n) is 9.26. The van der Waals surface area contributed by atoms with Crippen LogP contribution in [0.5, 0.6) is 0 Å². The number of benzene rings is 1. The van der Waals surface area contributed by atoms with Gasteiger partial charge in [0.05, 0.1) is 0 Å². The van der Waals surface area contributed by atoms with Crippen LogP contribution in [0.4, 0.5) is 8.78 Å². The summed E-state index contributed by atoms with van der Waals surface area (Å²) in [5, 5.41) is 3.27. The van der Waals surface area contributed by atoms with Crippen molar-refractivity contribution in [1.82, 2.24) is 5.32 Å². The lowest BCUT2D eigenvalue weighted by Crippen LogP contribution is -2.30. The summed E-state index contributed by atoms with van der Waals surface area (Å²) in [6, 6.07) is 5.72. The molecule has 0 radical (unpaired) electrons. The van der Waals surface area contributed by atoms with E-state index >= 15 is 0 Å². The molecule has 0 spiro atoms. The number of hydrogen-bond donors (Lipinski definition) is 1. The van der Waals surface area contributed by atoms with Crippen molar-refractivity contribution in [2.45, 2.75) is 25.4 Å². The maximum atomic E-state index is 13.9. The van der Waals surface area contributed by atoms with Gasteiger partial charge in [-0.15, -0.1) is 0 Å². The van der Waals surface area contributed by atoms with Gasteiger partial charge in [0.15, 0.2) is 0 Å². The van der Waals surface area contributed by atoms with Crippen LogP contribution in [0.3, 0.4) is 0 Å². The third-order valence-electron chi connectivity index (χ3n) is 3.17. The van der Waals surface area contributed by atoms with Gasteiger partial charge in [-0.1, -0.05) is 12.1 Å². The Labute approximate surface area is 94.9 Å². The minimum atomic E-state index is -0.967. The average molecular weight is 225 g/mol. The summed E-state index contributed by atoms with van der Waals surface area (Å²) in [5.41, 5.74) is 0.590. The maximum absolute atomic E-state index is 13.9. The van der Waals surface area contributed by atoms with E-state index in [1.54, 1.807) is 0 Å². The van der Waals surface area contributed by atoms with Gasteiger partial charge in [-0.2, -0.15) is 0 Å². The highest BCUT2D eigenvalue weighted by Crippen LogP contribution is 2.28. The van der Waals surface area contributed by atoms with Crippen molar-refractivity contribution >= 4 is 0 Å². The number of piperidine rings is 1. The maximum Gasteiger partial charge on any atom is 0.125 e. The van der Waals surface area contributed by atoms with Gasteiger partial charge >= 0.3 is 0 Å². The van der Waals surface area contributed by atoms with E-state index in [-0.39, 0.29) is 5.82 Å². The number of nitrogens with one attached hydrogen (secondary N) is 1. The molecule has 3 heteroatoms. The number of hydrogen-bond acceptors (Lipinski definition) is 1. The molecule has 2 rings (SSSR count). The molecule has 0 bridgehead atoms. The molecule has 1 saturated heterocycles. The van der Waals surface area contributed by atoms with E-state index in [9.17, 15) is 8.78 Å². The molecular weight excluding hydrogens is 208 g/mol. The van der Waals surface area contributed by atoms with Gasteiger partial charge in [0.2, 0.25) is 0 Å². The zero-order valence-corrected chi connectivity index (χ0v) is 9.26. The van der Waals surface area contributed by atoms with Crippen LogP contribution in [0.2, 0.25) is 0 Å². The smallest absolute Gasteiger partial charge is 0.125 e. The number of alkyl halides is 1. The van der Waals surface area contributed by atoms with Crippen LogP contribution < -0.4 is 5.32 Å². The first-order valence-corrected chi connectivity index (χ1v) is 5.86. The molecule has 1 aliphatic heterocycles. The van der Waals surface area contributed by atoms with Gasteiger partial charge in [0.1, 0.15) is 12.0 Å². The molecule has 1 aromatic rings. The minimum Gasteiger partial charge on any atom is -0.316 e. The SMILES string of the molecule is Fc1ccc(C(F)CC2CCCNC2)cc1. The van der Waals surface area contributed by atoms with Gasteiger partial charge in [0, 0.05) is 0 Å². The lowest BCUT2D eigenvalue weighted by Gasteiger charge is -2.24. The molecule has 16 heavy (non-hydrogen) atoms. The Balaban J connectivity index is 1.91. The summed E-state index contributed by atoms with van der Waals surface area (Å²) >= 11 is 0. The quantitative estimate of drug-likeness (QED) is 0.832. The van der Waals surface area contributed by atoms with Gasteiger partial charge in [-0.05, 0) is 56.0 Å². The average Bonchev–Trinajstić information content (AvgIpc) is 2.31. The Kier molecular flexibility index (Phi) is 3.88. The highest BCUT2D eigenvalue weighted by Gasteiger charge is 2.19. The summed E-state index contributed by atoms with van der Waals surface area (Å²) in [6.07, 6.45) is 1.79. The van der Waals surface area contributed by atoms with E-state index in [0.717, 1.165) is 25.9 Å². The second kappa shape index (κ2) is 5.39. The number of rotatable bonds is 3. The summed E-state index contributed by atoms with van der Waals surface area (Å²) in [4.78, 5) is 0. The van der Waals surface area contributed by atoms with Crippen molar-refractivity contribution in [3.05, 3.63) is 35.6 Å². The van der Waals surface area contributed by atoms with Crippen LogP contribution in [0, 0.1) is 11.7 Å². The standard InChI is InChI=1S/C13H17F2N/c14-12-5-3-11(4-6-12)13(15)8-10-2-1-7-16-9-10/h3-6,10,13,16H,1-2,7-9H2. The fourth-order valence-electron chi connectivity index (χ4n) is 2.23. The van der Waals surface area contributed by atoms with Crippen molar-refractivity contribution < 1.29 is 8.78 Å². The number of halogens is 2. The van der Waals surface area contributed by atoms with E-state index in [4.69, 9.17) is 0 Å². The second-order valence-electron chi connectivity index (χ2n) is 4.47. The molecule has 1 aliphatic rings. The van der Waals surface area contributed by atoms with Crippen LogP contribution in [0.1, 0.15) is 31.0 Å². The molecule has 1 fully saturated rings. The molecule has 2 atom stereocenters. The van der Waals surface area contributed by atoms with E-state index in [1.807, 2.05) is 0 Å². The predicted octanol–water partition coefficient (Wildman–Crippen LogP) is 3.23. The molecule has 0 aromatic heterocycles. The largest absolute Gasteiger partial charge is 0.316 e. The van der Waals surface area contributed by atoms with E-state index in [1.165, 1.54) is 24.3 Å². The molecule has 0 aliphatic carbocycles. The lowest BCUT2D eigenvalue weighted by molar-refractivity contribution is 0.243. The first-order valence-electron chi connectivity index (χ1n) is 5.86. The Bertz CT molecular complexity index is 317. The van der Waals surface area contributed by atoms with Crippen LogP contribution in [0.25, 0.3) is 0 Å². The molecule has 2 unspecified atom stereocenters. The van der Waals surface area contributed by atoms with Gasteiger partial charge in [0.25, 0.3) is 0 Å². The van der Waals surface area contributed by atoms with Crippen molar-refractivity contribution in [2.24, 2.45) is 5.92 Å². The lowest BCUT2D eigenvalue weighted by atomic mass is 9.92. The fraction of sp³-hybridized carbons (Fsp3) is 0.538. The first kappa shape index (κ1) is 11.5. The Hall–Kier alpha value is -0.960. The Morgan fingerprint density at radius 1 is 1.31 bits per heavy atom. The minimum absolute atomic E-state index is 0.310. The molecule has 0 amide bonds. The van der Waals surface area contributed by atoms with Gasteiger partial charge in [-0.3, -0.25) is 0 Å². The van der Waals surface area contributed by atoms with E-state index in [2.05, 4.69) is 5.32 Å². The summed E-state index contributed by atoms with van der Waals surface area (Å²) < 4.78 is 26.6. The first-order chi connectivity index (χ1) is 7.75. The van der Waals surface area contributed by atoms with Crippen LogP contribution in [-0.4, -0.2) is 13.1 Å². The third-order valence-corrected chi connectivity index (χ3v) is 3.17. The monoisotopic (exact) mass is 225 g/mol. The molecule has 1 nitrogen and oxygen atoms in total. The molecular formula is C13H17F2N. The molecule has 1 aromatic carbocycles. The fourth-order valence-corrected chi connectivity index (χ4v) is 2.23. The second-order valence-corrected chi connectivity index (χ2v) is 4.47. The van der Waals surface area contributed by atoms with E-state index in [0.29, 0.717) is 17.9 Å². The van der Waals surface area contributed by atoms with Crippen LogP contribution >= 0.6 is 0 Å². The van der Waals surface area contributed by atoms with Crippen LogP contribution in [-0.2, 0) is 0 Å². The molecule has 88 valence electrons. The molecule has 1 heterocycles. The van der Waals surface area contributed by atoms with Crippen molar-refractivity contribution in [2.75, 3.05) is 13.1 Å². The van der Waals surface area contributed by atoms with Crippen molar-refractivity contribution in [3.63, 3.8) is 0 Å². The summed E-state index contributed by atoms with van der Waals surface area (Å²) in [7, 11) is 0. The Morgan fingerprint density at radius 2 is 2.06 bits per heavy atom. The van der Waals surface area contributed by atoms with Crippen LogP contribution in [0.15, 0.2) is 24.3 Å². The molecule has 1 N–H and O–H groups in total. The topological polar surface area (TPSA) is 12.0 Å². The summed E-state index contributed by atoms with van der Waals surface area (Å²) in [5.74, 6) is 0.101. The molecule has 0 saturated carbocycles. The zero-order chi connectivity index (χ0) is 11.4. The Morgan fingerprint density at radius 3 is 2.69 bits per heavy atom. The highest BCUT2D eigenvalue weighted by molar-refractivity contribution is 5.18. The predicted molar refractivity (Wildman–Crippen MR) is 60.5 cm³/mol. The van der Waals surface area contributed by atoms with E-state index < -0.39 is 6.17 Å². The normalized spacial score (nSPS) is 23.0. The summed E-state index contributed by atoms with van der Waals surface area (Å²) in [6.45, 7) is 1.95. The third kappa shape index (κ3) is 3.01. The van der Waals surface area contributed by atoms with Crippen molar-refractivity contribution in [3.8, 4) is 0 Å². The van der Waals surface area contributed by atoms with Crippen molar-refractivity contribution in [1.29, 1.82) is 0 Å². The van der Waals surface area contributed by atoms with Gasteiger partial charge < -0.3 is 5.32 Å². The highest BCUT2D eigenvalue weighted by atomic mass is 19.1.